The molecular formula is C10H14BrN3. The molecule has 0 saturated heterocycles. The summed E-state index contributed by atoms with van der Waals surface area (Å²) in [6.07, 6.45) is 6.74. The lowest BCUT2D eigenvalue weighted by atomic mass is 9.87. The lowest BCUT2D eigenvalue weighted by molar-refractivity contribution is 0.388. The van der Waals surface area contributed by atoms with Crippen LogP contribution in [0.3, 0.4) is 0 Å². The van der Waals surface area contributed by atoms with Gasteiger partial charge in [0.2, 0.25) is 0 Å². The number of imidazole rings is 1. The van der Waals surface area contributed by atoms with Gasteiger partial charge >= 0.3 is 0 Å². The minimum atomic E-state index is 0.0841. The van der Waals surface area contributed by atoms with Crippen molar-refractivity contribution in [2.45, 2.75) is 43.7 Å². The maximum Gasteiger partial charge on any atom is 0.127 e. The largest absolute Gasteiger partial charge is 0.333 e. The predicted octanol–water partition coefficient (Wildman–Crippen LogP) is 2.01. The minimum absolute atomic E-state index is 0.0841. The highest BCUT2D eigenvalue weighted by atomic mass is 79.9. The van der Waals surface area contributed by atoms with E-state index in [9.17, 15) is 0 Å². The van der Waals surface area contributed by atoms with Gasteiger partial charge in [-0.05, 0) is 41.6 Å². The molecule has 0 radical (unpaired) electrons. The molecule has 0 aromatic carbocycles. The average Bonchev–Trinajstić information content (AvgIpc) is 2.83. The predicted molar refractivity (Wildman–Crippen MR) is 58.1 cm³/mol. The zero-order valence-electron chi connectivity index (χ0n) is 8.04. The molecule has 4 heteroatoms. The maximum absolute atomic E-state index is 6.30. The highest BCUT2D eigenvalue weighted by Crippen LogP contribution is 2.50. The third kappa shape index (κ3) is 1.17. The molecule has 2 N–H and O–H groups in total. The van der Waals surface area contributed by atoms with E-state index in [1.807, 2.05) is 6.33 Å². The fourth-order valence-corrected chi connectivity index (χ4v) is 3.14. The topological polar surface area (TPSA) is 43.8 Å². The van der Waals surface area contributed by atoms with Crippen LogP contribution in [0.5, 0.6) is 0 Å². The summed E-state index contributed by atoms with van der Waals surface area (Å²) in [5.74, 6) is 0.521. The highest BCUT2D eigenvalue weighted by molar-refractivity contribution is 9.10. The summed E-state index contributed by atoms with van der Waals surface area (Å²) in [5, 5.41) is 0. The Balaban J connectivity index is 2.05. The third-order valence-corrected chi connectivity index (χ3v) is 4.19. The molecule has 14 heavy (non-hydrogen) atoms. The van der Waals surface area contributed by atoms with E-state index in [4.69, 9.17) is 5.73 Å². The van der Waals surface area contributed by atoms with Gasteiger partial charge < -0.3 is 10.3 Å². The molecule has 1 unspecified atom stereocenters. The third-order valence-electron chi connectivity index (χ3n) is 3.57. The van der Waals surface area contributed by atoms with E-state index < -0.39 is 0 Å². The van der Waals surface area contributed by atoms with Crippen molar-refractivity contribution in [3.8, 4) is 0 Å². The van der Waals surface area contributed by atoms with Crippen LogP contribution in [0, 0.1) is 0 Å². The summed E-state index contributed by atoms with van der Waals surface area (Å²) in [6, 6.07) is 0. The monoisotopic (exact) mass is 255 g/mol. The summed E-state index contributed by atoms with van der Waals surface area (Å²) >= 11 is 3.53. The Morgan fingerprint density at radius 3 is 3.07 bits per heavy atom. The van der Waals surface area contributed by atoms with Crippen LogP contribution in [0.25, 0.3) is 0 Å². The van der Waals surface area contributed by atoms with Crippen LogP contribution in [0.4, 0.5) is 0 Å². The molecule has 1 aliphatic carbocycles. The second-order valence-corrected chi connectivity index (χ2v) is 5.29. The van der Waals surface area contributed by atoms with Crippen molar-refractivity contribution in [1.82, 2.24) is 9.55 Å². The summed E-state index contributed by atoms with van der Waals surface area (Å²) in [5.41, 5.74) is 7.72. The Hall–Kier alpha value is -0.350. The number of nitrogens with zero attached hydrogens (tertiary/aromatic N) is 2. The summed E-state index contributed by atoms with van der Waals surface area (Å²) < 4.78 is 3.25. The van der Waals surface area contributed by atoms with Crippen molar-refractivity contribution in [1.29, 1.82) is 0 Å². The number of aryl methyl sites for hydroxylation is 1. The van der Waals surface area contributed by atoms with Gasteiger partial charge in [-0.3, -0.25) is 0 Å². The zero-order valence-corrected chi connectivity index (χ0v) is 9.63. The van der Waals surface area contributed by atoms with Gasteiger partial charge in [-0.15, -0.1) is 0 Å². The van der Waals surface area contributed by atoms with Crippen LogP contribution < -0.4 is 5.73 Å². The van der Waals surface area contributed by atoms with Gasteiger partial charge in [0, 0.05) is 18.0 Å². The molecule has 0 bridgehead atoms. The van der Waals surface area contributed by atoms with Crippen LogP contribution in [0.15, 0.2) is 10.9 Å². The van der Waals surface area contributed by atoms with Crippen molar-refractivity contribution in [3.63, 3.8) is 0 Å². The number of hydrogen-bond donors (Lipinski definition) is 1. The Labute approximate surface area is 91.8 Å². The Bertz CT molecular complexity index is 367. The fraction of sp³-hybridized carbons (Fsp3) is 0.700. The van der Waals surface area contributed by atoms with E-state index in [0.29, 0.717) is 5.92 Å². The molecule has 1 saturated carbocycles. The van der Waals surface area contributed by atoms with Gasteiger partial charge in [-0.2, -0.15) is 0 Å². The molecule has 1 atom stereocenters. The van der Waals surface area contributed by atoms with Gasteiger partial charge in [0.05, 0.1) is 12.0 Å². The molecule has 1 aromatic heterocycles. The van der Waals surface area contributed by atoms with E-state index in [1.54, 1.807) is 0 Å². The average molecular weight is 256 g/mol. The maximum atomic E-state index is 6.30. The first-order chi connectivity index (χ1) is 6.71. The fourth-order valence-electron chi connectivity index (χ4n) is 2.54. The highest BCUT2D eigenvalue weighted by Gasteiger charge is 2.48. The van der Waals surface area contributed by atoms with Gasteiger partial charge in [0.15, 0.2) is 0 Å². The lowest BCUT2D eigenvalue weighted by Gasteiger charge is -2.29. The number of fused-ring (bicyclic) bond motifs is 1. The quantitative estimate of drug-likeness (QED) is 0.835. The number of rotatable bonds is 1. The first-order valence-corrected chi connectivity index (χ1v) is 5.99. The van der Waals surface area contributed by atoms with Crippen LogP contribution in [0.2, 0.25) is 0 Å². The smallest absolute Gasteiger partial charge is 0.127 e. The molecule has 3 nitrogen and oxygen atoms in total. The number of aromatic nitrogens is 2. The molecule has 1 fully saturated rings. The first-order valence-electron chi connectivity index (χ1n) is 5.20. The van der Waals surface area contributed by atoms with E-state index >= 15 is 0 Å². The van der Waals surface area contributed by atoms with E-state index in [2.05, 4.69) is 25.5 Å². The van der Waals surface area contributed by atoms with Crippen LogP contribution in [-0.4, -0.2) is 15.1 Å². The van der Waals surface area contributed by atoms with Crippen molar-refractivity contribution < 1.29 is 0 Å². The summed E-state index contributed by atoms with van der Waals surface area (Å²) in [7, 11) is 0. The summed E-state index contributed by atoms with van der Waals surface area (Å²) in [6.45, 7) is 1.10. The molecule has 0 amide bonds. The molecule has 2 heterocycles. The standard InChI is InChI=1S/C10H14BrN3/c11-9-8-7(10(12)3-4-10)2-1-5-14(8)6-13-9/h6-7H,1-5,12H2. The molecule has 2 aliphatic rings. The molecule has 76 valence electrons. The Morgan fingerprint density at radius 1 is 1.57 bits per heavy atom. The Kier molecular flexibility index (Phi) is 1.80. The molecule has 3 rings (SSSR count). The molecular weight excluding hydrogens is 242 g/mol. The Morgan fingerprint density at radius 2 is 2.36 bits per heavy atom. The van der Waals surface area contributed by atoms with Crippen LogP contribution in [0.1, 0.15) is 37.3 Å². The van der Waals surface area contributed by atoms with Gasteiger partial charge in [0.25, 0.3) is 0 Å². The SMILES string of the molecule is NC1(C2CCCn3cnc(Br)c32)CC1. The lowest BCUT2D eigenvalue weighted by Crippen LogP contribution is -2.34. The van der Waals surface area contributed by atoms with Crippen molar-refractivity contribution in [2.24, 2.45) is 5.73 Å². The van der Waals surface area contributed by atoms with Crippen LogP contribution >= 0.6 is 15.9 Å². The van der Waals surface area contributed by atoms with E-state index in [-0.39, 0.29) is 5.54 Å². The molecule has 1 aliphatic heterocycles. The molecule has 1 aromatic rings. The molecule has 0 spiro atoms. The normalized spacial score (nSPS) is 28.6. The zero-order chi connectivity index (χ0) is 9.76. The van der Waals surface area contributed by atoms with Gasteiger partial charge in [-0.25, -0.2) is 4.98 Å². The van der Waals surface area contributed by atoms with Crippen molar-refractivity contribution in [2.75, 3.05) is 0 Å². The summed E-state index contributed by atoms with van der Waals surface area (Å²) in [4.78, 5) is 4.31. The van der Waals surface area contributed by atoms with E-state index in [1.165, 1.54) is 31.4 Å². The van der Waals surface area contributed by atoms with Crippen molar-refractivity contribution in [3.05, 3.63) is 16.6 Å². The number of halogens is 1. The van der Waals surface area contributed by atoms with E-state index in [0.717, 1.165) is 11.1 Å². The van der Waals surface area contributed by atoms with Crippen molar-refractivity contribution >= 4 is 15.9 Å². The second kappa shape index (κ2) is 2.83. The van der Waals surface area contributed by atoms with Gasteiger partial charge in [0.1, 0.15) is 4.60 Å². The second-order valence-electron chi connectivity index (χ2n) is 4.54. The number of hydrogen-bond acceptors (Lipinski definition) is 2. The first kappa shape index (κ1) is 8.92. The minimum Gasteiger partial charge on any atom is -0.333 e. The number of nitrogens with two attached hydrogens (primary N) is 1. The van der Waals surface area contributed by atoms with Gasteiger partial charge in [-0.1, -0.05) is 0 Å². The van der Waals surface area contributed by atoms with Crippen LogP contribution in [-0.2, 0) is 6.54 Å².